The molecule has 0 spiro atoms. The molecule has 0 aromatic rings. The van der Waals surface area contributed by atoms with Crippen LogP contribution in [-0.4, -0.2) is 24.1 Å². The highest BCUT2D eigenvalue weighted by atomic mass is 16.5. The quantitative estimate of drug-likeness (QED) is 0.580. The van der Waals surface area contributed by atoms with Gasteiger partial charge in [0.05, 0.1) is 0 Å². The van der Waals surface area contributed by atoms with Gasteiger partial charge in [-0.3, -0.25) is 9.59 Å². The SMILES string of the molecule is CC(=O)O[C@H]1C[C@@H]2CC[C@@]1(C)C2(C)C.CC(=O)O[C@H]1C[C@@H]2CC[C@@]1(C)C2(C)C. The summed E-state index contributed by atoms with van der Waals surface area (Å²) >= 11 is 0. The molecule has 0 aromatic carbocycles. The van der Waals surface area contributed by atoms with Crippen LogP contribution in [0.5, 0.6) is 0 Å². The van der Waals surface area contributed by atoms with Gasteiger partial charge in [0.25, 0.3) is 0 Å². The van der Waals surface area contributed by atoms with Gasteiger partial charge in [-0.25, -0.2) is 0 Å². The fraction of sp³-hybridized carbons (Fsp3) is 0.917. The van der Waals surface area contributed by atoms with Crippen molar-refractivity contribution in [3.05, 3.63) is 0 Å². The normalized spacial score (nSPS) is 44.0. The second kappa shape index (κ2) is 6.74. The standard InChI is InChI=1S/2C12H20O2/c2*1-8(13)14-10-7-9-5-6-12(10,4)11(9,2)3/h2*9-10H,5-7H2,1-4H3/t2*9-,10-,12+/m00/s1. The van der Waals surface area contributed by atoms with E-state index in [4.69, 9.17) is 9.47 Å². The molecule has 0 saturated heterocycles. The van der Waals surface area contributed by atoms with Gasteiger partial charge in [-0.1, -0.05) is 41.5 Å². The summed E-state index contributed by atoms with van der Waals surface area (Å²) < 4.78 is 10.9. The molecule has 160 valence electrons. The van der Waals surface area contributed by atoms with Gasteiger partial charge in [0, 0.05) is 24.7 Å². The van der Waals surface area contributed by atoms with E-state index in [0.29, 0.717) is 10.8 Å². The number of rotatable bonds is 2. The number of esters is 2. The molecular formula is C24H40O4. The molecule has 4 saturated carbocycles. The van der Waals surface area contributed by atoms with Crippen LogP contribution < -0.4 is 0 Å². The van der Waals surface area contributed by atoms with Crippen molar-refractivity contribution in [3.8, 4) is 0 Å². The Morgan fingerprint density at radius 1 is 0.679 bits per heavy atom. The van der Waals surface area contributed by atoms with E-state index in [-0.39, 0.29) is 35.0 Å². The van der Waals surface area contributed by atoms with Gasteiger partial charge in [-0.15, -0.1) is 0 Å². The van der Waals surface area contributed by atoms with Crippen molar-refractivity contribution in [1.29, 1.82) is 0 Å². The third-order valence-corrected chi connectivity index (χ3v) is 10.0. The molecular weight excluding hydrogens is 352 g/mol. The van der Waals surface area contributed by atoms with Crippen LogP contribution in [0.3, 0.4) is 0 Å². The molecule has 0 N–H and O–H groups in total. The first kappa shape index (κ1) is 21.6. The zero-order chi connectivity index (χ0) is 21.1. The minimum atomic E-state index is -0.125. The van der Waals surface area contributed by atoms with Crippen molar-refractivity contribution in [3.63, 3.8) is 0 Å². The fourth-order valence-corrected chi connectivity index (χ4v) is 7.02. The van der Waals surface area contributed by atoms with Gasteiger partial charge in [0.15, 0.2) is 0 Å². The summed E-state index contributed by atoms with van der Waals surface area (Å²) in [4.78, 5) is 22.0. The van der Waals surface area contributed by atoms with Crippen LogP contribution in [-0.2, 0) is 19.1 Å². The van der Waals surface area contributed by atoms with Crippen molar-refractivity contribution in [2.45, 2.75) is 106 Å². The zero-order valence-electron chi connectivity index (χ0n) is 19.2. The molecule has 4 heteroatoms. The molecule has 4 aliphatic rings. The van der Waals surface area contributed by atoms with Gasteiger partial charge in [0.2, 0.25) is 0 Å². The Kier molecular flexibility index (Phi) is 5.21. The molecule has 0 aliphatic heterocycles. The third kappa shape index (κ3) is 3.01. The lowest BCUT2D eigenvalue weighted by Crippen LogP contribution is -2.37. The van der Waals surface area contributed by atoms with Gasteiger partial charge in [-0.2, -0.15) is 0 Å². The van der Waals surface area contributed by atoms with Crippen LogP contribution in [0.2, 0.25) is 0 Å². The van der Waals surface area contributed by atoms with Gasteiger partial charge >= 0.3 is 11.9 Å². The van der Waals surface area contributed by atoms with E-state index in [1.165, 1.54) is 39.5 Å². The molecule has 4 bridgehead atoms. The molecule has 0 aromatic heterocycles. The van der Waals surface area contributed by atoms with Crippen molar-refractivity contribution in [2.24, 2.45) is 33.5 Å². The molecule has 4 nitrogen and oxygen atoms in total. The molecule has 4 aliphatic carbocycles. The number of ether oxygens (including phenoxy) is 2. The Balaban J connectivity index is 0.000000161. The number of fused-ring (bicyclic) bond motifs is 4. The largest absolute Gasteiger partial charge is 0.462 e. The average molecular weight is 393 g/mol. The van der Waals surface area contributed by atoms with Crippen molar-refractivity contribution in [2.75, 3.05) is 0 Å². The first-order chi connectivity index (χ1) is 12.8. The maximum atomic E-state index is 11.0. The molecule has 4 rings (SSSR count). The van der Waals surface area contributed by atoms with Crippen LogP contribution in [0.4, 0.5) is 0 Å². The monoisotopic (exact) mass is 392 g/mol. The summed E-state index contributed by atoms with van der Waals surface area (Å²) in [6.45, 7) is 16.9. The van der Waals surface area contributed by atoms with Gasteiger partial charge in [-0.05, 0) is 61.2 Å². The summed E-state index contributed by atoms with van der Waals surface area (Å²) in [6, 6.07) is 0. The van der Waals surface area contributed by atoms with Gasteiger partial charge < -0.3 is 9.47 Å². The maximum absolute atomic E-state index is 11.0. The summed E-state index contributed by atoms with van der Waals surface area (Å²) in [7, 11) is 0. The molecule has 6 atom stereocenters. The number of hydrogen-bond acceptors (Lipinski definition) is 4. The molecule has 0 unspecified atom stereocenters. The second-order valence-corrected chi connectivity index (χ2v) is 11.4. The van der Waals surface area contributed by atoms with E-state index in [1.54, 1.807) is 0 Å². The maximum Gasteiger partial charge on any atom is 0.302 e. The highest BCUT2D eigenvalue weighted by molar-refractivity contribution is 5.66. The average Bonchev–Trinajstić information content (AvgIpc) is 3.06. The van der Waals surface area contributed by atoms with Crippen molar-refractivity contribution in [1.82, 2.24) is 0 Å². The minimum absolute atomic E-state index is 0.125. The van der Waals surface area contributed by atoms with E-state index in [9.17, 15) is 9.59 Å². The van der Waals surface area contributed by atoms with E-state index >= 15 is 0 Å². The highest BCUT2D eigenvalue weighted by Gasteiger charge is 2.63. The molecule has 4 fully saturated rings. The fourth-order valence-electron chi connectivity index (χ4n) is 7.02. The van der Waals surface area contributed by atoms with Gasteiger partial charge in [0.1, 0.15) is 12.2 Å². The summed E-state index contributed by atoms with van der Waals surface area (Å²) in [5.41, 5.74) is 1.10. The highest BCUT2D eigenvalue weighted by Crippen LogP contribution is 2.67. The second-order valence-electron chi connectivity index (χ2n) is 11.4. The van der Waals surface area contributed by atoms with Crippen LogP contribution >= 0.6 is 0 Å². The summed E-state index contributed by atoms with van der Waals surface area (Å²) in [6.07, 6.45) is 7.50. The lowest BCUT2D eigenvalue weighted by molar-refractivity contribution is -0.155. The van der Waals surface area contributed by atoms with Crippen LogP contribution in [0.15, 0.2) is 0 Å². The Morgan fingerprint density at radius 3 is 1.18 bits per heavy atom. The predicted molar refractivity (Wildman–Crippen MR) is 110 cm³/mol. The van der Waals surface area contributed by atoms with Crippen molar-refractivity contribution < 1.29 is 19.1 Å². The molecule has 0 amide bonds. The molecule has 0 radical (unpaired) electrons. The third-order valence-electron chi connectivity index (χ3n) is 10.0. The number of carbonyl (C=O) groups is 2. The van der Waals surface area contributed by atoms with E-state index in [1.807, 2.05) is 0 Å². The predicted octanol–water partition coefficient (Wildman–Crippen LogP) is 5.53. The van der Waals surface area contributed by atoms with Crippen LogP contribution in [0, 0.1) is 33.5 Å². The Hall–Kier alpha value is -1.06. The number of carbonyl (C=O) groups excluding carboxylic acids is 2. The first-order valence-corrected chi connectivity index (χ1v) is 11.1. The number of hydrogen-bond donors (Lipinski definition) is 0. The Morgan fingerprint density at radius 2 is 1.00 bits per heavy atom. The topological polar surface area (TPSA) is 52.6 Å². The lowest BCUT2D eigenvalue weighted by Gasteiger charge is -2.38. The lowest BCUT2D eigenvalue weighted by atomic mass is 9.70. The van der Waals surface area contributed by atoms with E-state index in [0.717, 1.165) is 24.7 Å². The summed E-state index contributed by atoms with van der Waals surface area (Å²) in [5, 5.41) is 0. The first-order valence-electron chi connectivity index (χ1n) is 11.1. The molecule has 28 heavy (non-hydrogen) atoms. The Labute approximate surface area is 171 Å². The van der Waals surface area contributed by atoms with E-state index < -0.39 is 0 Å². The smallest absolute Gasteiger partial charge is 0.302 e. The Bertz CT molecular complexity index is 595. The van der Waals surface area contributed by atoms with Crippen LogP contribution in [0.25, 0.3) is 0 Å². The molecule has 0 heterocycles. The van der Waals surface area contributed by atoms with Crippen LogP contribution in [0.1, 0.15) is 93.9 Å². The minimum Gasteiger partial charge on any atom is -0.462 e. The zero-order valence-corrected chi connectivity index (χ0v) is 19.2. The van der Waals surface area contributed by atoms with E-state index in [2.05, 4.69) is 41.5 Å². The summed E-state index contributed by atoms with van der Waals surface area (Å²) in [5.74, 6) is 1.24. The van der Waals surface area contributed by atoms with Crippen molar-refractivity contribution >= 4 is 11.9 Å².